The Morgan fingerprint density at radius 1 is 0.697 bits per heavy atom. The van der Waals surface area contributed by atoms with Crippen LogP contribution in [-0.2, 0) is 19.6 Å². The molecule has 2 nitrogen and oxygen atoms in total. The van der Waals surface area contributed by atoms with E-state index in [4.69, 9.17) is 0 Å². The van der Waals surface area contributed by atoms with Crippen LogP contribution in [0, 0.1) is 5.92 Å². The molecule has 0 amide bonds. The first kappa shape index (κ1) is 25.2. The van der Waals surface area contributed by atoms with Crippen molar-refractivity contribution in [2.75, 3.05) is 0 Å². The van der Waals surface area contributed by atoms with Crippen molar-refractivity contribution in [2.24, 2.45) is 5.92 Å². The van der Waals surface area contributed by atoms with Crippen LogP contribution >= 0.6 is 0 Å². The van der Waals surface area contributed by atoms with Gasteiger partial charge in [0.05, 0.1) is 0 Å². The lowest BCUT2D eigenvalue weighted by Gasteiger charge is -2.39. The van der Waals surface area contributed by atoms with E-state index in [2.05, 4.69) is 122 Å². The molecule has 0 saturated heterocycles. The van der Waals surface area contributed by atoms with Gasteiger partial charge in [0.15, 0.2) is 0 Å². The summed E-state index contributed by atoms with van der Waals surface area (Å²) in [7, 11) is 0. The Bertz CT molecular complexity index is 835. The van der Waals surface area contributed by atoms with Gasteiger partial charge in [-0.25, -0.2) is 0 Å². The van der Waals surface area contributed by atoms with E-state index in [1.807, 2.05) is 0 Å². The van der Waals surface area contributed by atoms with Gasteiger partial charge in [-0.1, -0.05) is 125 Å². The van der Waals surface area contributed by atoms with Crippen molar-refractivity contribution in [1.29, 1.82) is 0 Å². The normalized spacial score (nSPS) is 13.4. The van der Waals surface area contributed by atoms with Crippen molar-refractivity contribution < 1.29 is 0 Å². The van der Waals surface area contributed by atoms with Crippen LogP contribution in [0.5, 0.6) is 0 Å². The maximum atomic E-state index is 3.99. The fourth-order valence-electron chi connectivity index (χ4n) is 4.68. The molecule has 2 atom stereocenters. The largest absolute Gasteiger partial charge is 0.308 e. The zero-order chi connectivity index (χ0) is 23.3. The van der Waals surface area contributed by atoms with E-state index >= 15 is 0 Å². The third-order valence-electron chi connectivity index (χ3n) is 6.38. The first-order chi connectivity index (χ1) is 16.2. The Kier molecular flexibility index (Phi) is 10.7. The number of nitrogens with zero attached hydrogens (tertiary/aromatic N) is 1. The summed E-state index contributed by atoms with van der Waals surface area (Å²) in [6, 6.07) is 33.7. The van der Waals surface area contributed by atoms with Crippen LogP contribution in [0.1, 0.15) is 63.1 Å². The molecular formula is C31H42N2. The van der Waals surface area contributed by atoms with Crippen molar-refractivity contribution in [3.63, 3.8) is 0 Å². The second-order valence-electron chi connectivity index (χ2n) is 9.69. The minimum atomic E-state index is 0.458. The highest BCUT2D eigenvalue weighted by atomic mass is 15.2. The predicted molar refractivity (Wildman–Crippen MR) is 142 cm³/mol. The number of rotatable bonds is 14. The Labute approximate surface area is 202 Å². The van der Waals surface area contributed by atoms with Crippen molar-refractivity contribution in [3.05, 3.63) is 108 Å². The van der Waals surface area contributed by atoms with E-state index in [9.17, 15) is 0 Å². The second-order valence-corrected chi connectivity index (χ2v) is 9.69. The van der Waals surface area contributed by atoms with E-state index in [0.29, 0.717) is 18.0 Å². The molecule has 0 aliphatic heterocycles. The van der Waals surface area contributed by atoms with Crippen LogP contribution < -0.4 is 5.32 Å². The van der Waals surface area contributed by atoms with Crippen molar-refractivity contribution in [1.82, 2.24) is 10.2 Å². The monoisotopic (exact) mass is 442 g/mol. The van der Waals surface area contributed by atoms with E-state index in [0.717, 1.165) is 19.6 Å². The molecule has 33 heavy (non-hydrogen) atoms. The lowest BCUT2D eigenvalue weighted by Crippen LogP contribution is -2.50. The van der Waals surface area contributed by atoms with E-state index in [1.165, 1.54) is 42.4 Å². The molecule has 0 saturated carbocycles. The average molecular weight is 443 g/mol. The Morgan fingerprint density at radius 2 is 1.18 bits per heavy atom. The van der Waals surface area contributed by atoms with Gasteiger partial charge in [0.1, 0.15) is 0 Å². The molecule has 0 aliphatic carbocycles. The van der Waals surface area contributed by atoms with Crippen molar-refractivity contribution >= 4 is 0 Å². The molecule has 0 spiro atoms. The third-order valence-corrected chi connectivity index (χ3v) is 6.38. The molecule has 0 heterocycles. The molecule has 3 aromatic rings. The smallest absolute Gasteiger partial charge is 0.0258 e. The van der Waals surface area contributed by atoms with Crippen molar-refractivity contribution in [2.45, 2.75) is 78.2 Å². The Morgan fingerprint density at radius 3 is 1.64 bits per heavy atom. The van der Waals surface area contributed by atoms with Gasteiger partial charge in [0.2, 0.25) is 0 Å². The van der Waals surface area contributed by atoms with E-state index in [-0.39, 0.29) is 0 Å². The van der Waals surface area contributed by atoms with Crippen LogP contribution in [0.25, 0.3) is 0 Å². The summed E-state index contributed by atoms with van der Waals surface area (Å²) in [5.41, 5.74) is 4.14. The fraction of sp³-hybridized carbons (Fsp3) is 0.419. The van der Waals surface area contributed by atoms with E-state index < -0.39 is 0 Å². The molecule has 0 aliphatic rings. The first-order valence-corrected chi connectivity index (χ1v) is 12.7. The second kappa shape index (κ2) is 14.0. The molecule has 3 rings (SSSR count). The quantitative estimate of drug-likeness (QED) is 0.279. The van der Waals surface area contributed by atoms with Crippen LogP contribution in [-0.4, -0.2) is 17.0 Å². The molecule has 2 heteroatoms. The van der Waals surface area contributed by atoms with Gasteiger partial charge in [-0.2, -0.15) is 0 Å². The molecule has 1 N–H and O–H groups in total. The molecule has 0 fully saturated rings. The molecule has 176 valence electrons. The molecule has 0 unspecified atom stereocenters. The molecule has 0 radical (unpaired) electrons. The number of hydrogen-bond acceptors (Lipinski definition) is 2. The fourth-order valence-corrected chi connectivity index (χ4v) is 4.68. The summed E-state index contributed by atoms with van der Waals surface area (Å²) < 4.78 is 0. The lowest BCUT2D eigenvalue weighted by atomic mass is 9.91. The van der Waals surface area contributed by atoms with Gasteiger partial charge in [-0.05, 0) is 35.4 Å². The minimum Gasteiger partial charge on any atom is -0.308 e. The van der Waals surface area contributed by atoms with Crippen molar-refractivity contribution in [3.8, 4) is 0 Å². The maximum absolute atomic E-state index is 3.99. The SMILES string of the molecule is CCCC[C@H](NCc1ccccc1)[C@H](CC(C)C)N(Cc1ccccc1)Cc1ccccc1. The van der Waals surface area contributed by atoms with Gasteiger partial charge in [-0.3, -0.25) is 4.90 Å². The highest BCUT2D eigenvalue weighted by Gasteiger charge is 2.28. The van der Waals surface area contributed by atoms with E-state index in [1.54, 1.807) is 0 Å². The minimum absolute atomic E-state index is 0.458. The molecule has 0 bridgehead atoms. The summed E-state index contributed by atoms with van der Waals surface area (Å²) in [5.74, 6) is 0.645. The summed E-state index contributed by atoms with van der Waals surface area (Å²) in [6.07, 6.45) is 4.89. The summed E-state index contributed by atoms with van der Waals surface area (Å²) in [5, 5.41) is 3.99. The summed E-state index contributed by atoms with van der Waals surface area (Å²) >= 11 is 0. The summed E-state index contributed by atoms with van der Waals surface area (Å²) in [6.45, 7) is 9.91. The van der Waals surface area contributed by atoms with Crippen LogP contribution in [0.2, 0.25) is 0 Å². The lowest BCUT2D eigenvalue weighted by molar-refractivity contribution is 0.114. The Balaban J connectivity index is 1.88. The van der Waals surface area contributed by atoms with Crippen LogP contribution in [0.3, 0.4) is 0 Å². The summed E-state index contributed by atoms with van der Waals surface area (Å²) in [4.78, 5) is 2.73. The molecule has 3 aromatic carbocycles. The van der Waals surface area contributed by atoms with Crippen LogP contribution in [0.15, 0.2) is 91.0 Å². The van der Waals surface area contributed by atoms with Gasteiger partial charge >= 0.3 is 0 Å². The number of nitrogens with one attached hydrogen (secondary N) is 1. The first-order valence-electron chi connectivity index (χ1n) is 12.7. The van der Waals surface area contributed by atoms with Gasteiger partial charge in [0.25, 0.3) is 0 Å². The number of hydrogen-bond donors (Lipinski definition) is 1. The standard InChI is InChI=1S/C31H42N2/c1-4-5-21-30(32-23-27-15-9-6-10-16-27)31(22-26(2)3)33(24-28-17-11-7-12-18-28)25-29-19-13-8-14-20-29/h6-20,26,30-32H,4-5,21-25H2,1-3H3/t30-,31-/m0/s1. The number of unbranched alkanes of at least 4 members (excludes halogenated alkanes) is 1. The van der Waals surface area contributed by atoms with Crippen LogP contribution in [0.4, 0.5) is 0 Å². The third kappa shape index (κ3) is 8.79. The maximum Gasteiger partial charge on any atom is 0.0258 e. The molecule has 0 aromatic heterocycles. The van der Waals surface area contributed by atoms with Gasteiger partial charge in [0, 0.05) is 31.7 Å². The molecular weight excluding hydrogens is 400 g/mol. The Hall–Kier alpha value is -2.42. The predicted octanol–water partition coefficient (Wildman–Crippen LogP) is 7.45. The highest BCUT2D eigenvalue weighted by Crippen LogP contribution is 2.24. The topological polar surface area (TPSA) is 15.3 Å². The average Bonchev–Trinajstić information content (AvgIpc) is 2.84. The number of benzene rings is 3. The van der Waals surface area contributed by atoms with Gasteiger partial charge in [-0.15, -0.1) is 0 Å². The highest BCUT2D eigenvalue weighted by molar-refractivity contribution is 5.18. The zero-order valence-electron chi connectivity index (χ0n) is 20.8. The zero-order valence-corrected chi connectivity index (χ0v) is 20.8. The van der Waals surface area contributed by atoms with Gasteiger partial charge < -0.3 is 5.32 Å².